The zero-order valence-corrected chi connectivity index (χ0v) is 19.4. The minimum Gasteiger partial charge on any atom is -0.480 e. The molecule has 178 valence electrons. The summed E-state index contributed by atoms with van der Waals surface area (Å²) in [6, 6.07) is 15.0. The maximum atomic E-state index is 12.7. The second-order valence-electron chi connectivity index (χ2n) is 8.84. The van der Waals surface area contributed by atoms with E-state index in [1.807, 2.05) is 50.2 Å². The van der Waals surface area contributed by atoms with Crippen LogP contribution in [-0.4, -0.2) is 42.3 Å². The van der Waals surface area contributed by atoms with Crippen LogP contribution in [0.25, 0.3) is 11.1 Å². The standard InChI is InChI=1S/C27H30N2O5/c1-4-9-24(26(31)32)29-25(30)18(14-17(2)3)15-28-27(33)34-16-23-21-12-7-5-10-19(21)20-11-6-8-13-22(20)23/h1,5-8,10-13,17-18,23-24H,9,14-16H2,2-3H3,(H,28,33)(H,29,30)(H,31,32). The number of benzene rings is 2. The molecule has 2 aromatic carbocycles. The van der Waals surface area contributed by atoms with E-state index in [-0.39, 0.29) is 31.4 Å². The molecule has 7 nitrogen and oxygen atoms in total. The lowest BCUT2D eigenvalue weighted by atomic mass is 9.95. The van der Waals surface area contributed by atoms with E-state index in [2.05, 4.69) is 28.7 Å². The average molecular weight is 463 g/mol. The molecule has 0 saturated heterocycles. The van der Waals surface area contributed by atoms with Crippen LogP contribution >= 0.6 is 0 Å². The van der Waals surface area contributed by atoms with Crippen molar-refractivity contribution in [3.63, 3.8) is 0 Å². The number of alkyl carbamates (subject to hydrolysis) is 1. The van der Waals surface area contributed by atoms with Crippen molar-refractivity contribution in [2.45, 2.75) is 38.6 Å². The van der Waals surface area contributed by atoms with Crippen LogP contribution < -0.4 is 10.6 Å². The number of carbonyl (C=O) groups is 3. The summed E-state index contributed by atoms with van der Waals surface area (Å²) in [5, 5.41) is 14.4. The Morgan fingerprint density at radius 1 is 1.06 bits per heavy atom. The van der Waals surface area contributed by atoms with Crippen molar-refractivity contribution in [1.29, 1.82) is 0 Å². The van der Waals surface area contributed by atoms with Crippen molar-refractivity contribution in [2.24, 2.45) is 11.8 Å². The largest absolute Gasteiger partial charge is 0.480 e. The first-order valence-electron chi connectivity index (χ1n) is 11.4. The first-order valence-corrected chi connectivity index (χ1v) is 11.4. The minimum atomic E-state index is -1.20. The average Bonchev–Trinajstić information content (AvgIpc) is 3.13. The van der Waals surface area contributed by atoms with E-state index in [1.54, 1.807) is 0 Å². The number of amides is 2. The van der Waals surface area contributed by atoms with Gasteiger partial charge in [0.05, 0.1) is 5.92 Å². The first kappa shape index (κ1) is 24.8. The molecule has 0 aromatic heterocycles. The van der Waals surface area contributed by atoms with Crippen LogP contribution in [0, 0.1) is 24.2 Å². The zero-order chi connectivity index (χ0) is 24.7. The summed E-state index contributed by atoms with van der Waals surface area (Å²) in [5.74, 6) is 0.0887. The van der Waals surface area contributed by atoms with Crippen LogP contribution in [0.1, 0.15) is 43.7 Å². The molecule has 0 aliphatic heterocycles. The fourth-order valence-electron chi connectivity index (χ4n) is 4.32. The van der Waals surface area contributed by atoms with Gasteiger partial charge < -0.3 is 20.5 Å². The van der Waals surface area contributed by atoms with Gasteiger partial charge in [0.25, 0.3) is 0 Å². The Morgan fingerprint density at radius 2 is 1.65 bits per heavy atom. The molecule has 1 aliphatic rings. The lowest BCUT2D eigenvalue weighted by Gasteiger charge is -2.21. The second kappa shape index (κ2) is 11.4. The van der Waals surface area contributed by atoms with E-state index < -0.39 is 29.9 Å². The van der Waals surface area contributed by atoms with Gasteiger partial charge in [0, 0.05) is 18.9 Å². The highest BCUT2D eigenvalue weighted by Crippen LogP contribution is 2.44. The van der Waals surface area contributed by atoms with Crippen molar-refractivity contribution in [2.75, 3.05) is 13.2 Å². The molecule has 34 heavy (non-hydrogen) atoms. The van der Waals surface area contributed by atoms with Crippen LogP contribution in [0.15, 0.2) is 48.5 Å². The zero-order valence-electron chi connectivity index (χ0n) is 19.4. The maximum Gasteiger partial charge on any atom is 0.407 e. The van der Waals surface area contributed by atoms with Gasteiger partial charge in [0.15, 0.2) is 0 Å². The normalized spacial score (nSPS) is 13.8. The van der Waals surface area contributed by atoms with Crippen LogP contribution in [-0.2, 0) is 14.3 Å². The number of carbonyl (C=O) groups excluding carboxylic acids is 2. The molecule has 0 fully saturated rings. The van der Waals surface area contributed by atoms with Crippen LogP contribution in [0.3, 0.4) is 0 Å². The molecule has 2 amide bonds. The van der Waals surface area contributed by atoms with Gasteiger partial charge in [-0.3, -0.25) is 4.79 Å². The van der Waals surface area contributed by atoms with Gasteiger partial charge in [-0.2, -0.15) is 0 Å². The summed E-state index contributed by atoms with van der Waals surface area (Å²) in [4.78, 5) is 36.5. The predicted molar refractivity (Wildman–Crippen MR) is 129 cm³/mol. The predicted octanol–water partition coefficient (Wildman–Crippen LogP) is 3.78. The smallest absolute Gasteiger partial charge is 0.407 e. The van der Waals surface area contributed by atoms with Crippen LogP contribution in [0.5, 0.6) is 0 Å². The number of hydrogen-bond donors (Lipinski definition) is 3. The van der Waals surface area contributed by atoms with E-state index >= 15 is 0 Å². The van der Waals surface area contributed by atoms with E-state index in [9.17, 15) is 19.5 Å². The number of rotatable bonds is 10. The Morgan fingerprint density at radius 3 is 2.18 bits per heavy atom. The molecule has 0 spiro atoms. The Labute approximate surface area is 199 Å². The van der Waals surface area contributed by atoms with Gasteiger partial charge in [-0.15, -0.1) is 12.3 Å². The molecule has 2 aromatic rings. The lowest BCUT2D eigenvalue weighted by molar-refractivity contribution is -0.142. The monoisotopic (exact) mass is 462 g/mol. The summed E-state index contributed by atoms with van der Waals surface area (Å²) in [7, 11) is 0. The van der Waals surface area contributed by atoms with Gasteiger partial charge >= 0.3 is 12.1 Å². The molecule has 3 rings (SSSR count). The summed E-state index contributed by atoms with van der Waals surface area (Å²) in [6.45, 7) is 4.10. The van der Waals surface area contributed by atoms with E-state index in [0.29, 0.717) is 6.42 Å². The maximum absolute atomic E-state index is 12.7. The number of fused-ring (bicyclic) bond motifs is 3. The molecule has 2 atom stereocenters. The van der Waals surface area contributed by atoms with Crippen molar-refractivity contribution in [3.05, 3.63) is 59.7 Å². The SMILES string of the molecule is C#CCC(NC(=O)C(CNC(=O)OCC1c2ccccc2-c2ccccc21)CC(C)C)C(=O)O. The third-order valence-electron chi connectivity index (χ3n) is 5.90. The molecule has 7 heteroatoms. The quantitative estimate of drug-likeness (QED) is 0.466. The van der Waals surface area contributed by atoms with Crippen molar-refractivity contribution >= 4 is 18.0 Å². The summed E-state index contributed by atoms with van der Waals surface area (Å²) in [5.41, 5.74) is 4.50. The summed E-state index contributed by atoms with van der Waals surface area (Å²) in [6.07, 6.45) is 4.94. The second-order valence-corrected chi connectivity index (χ2v) is 8.84. The minimum absolute atomic E-state index is 0.0308. The van der Waals surface area contributed by atoms with Gasteiger partial charge in [0.1, 0.15) is 12.6 Å². The van der Waals surface area contributed by atoms with Crippen LogP contribution in [0.2, 0.25) is 0 Å². The third-order valence-corrected chi connectivity index (χ3v) is 5.90. The highest BCUT2D eigenvalue weighted by Gasteiger charge is 2.30. The first-order chi connectivity index (χ1) is 16.3. The molecule has 0 saturated carbocycles. The third kappa shape index (κ3) is 5.96. The van der Waals surface area contributed by atoms with E-state index in [1.165, 1.54) is 0 Å². The Bertz CT molecular complexity index is 1040. The van der Waals surface area contributed by atoms with Gasteiger partial charge in [-0.05, 0) is 34.6 Å². The Kier molecular flexibility index (Phi) is 8.31. The van der Waals surface area contributed by atoms with Gasteiger partial charge in [-0.1, -0.05) is 62.4 Å². The molecule has 0 heterocycles. The van der Waals surface area contributed by atoms with E-state index in [0.717, 1.165) is 22.3 Å². The number of terminal acetylenes is 1. The number of ether oxygens (including phenoxy) is 1. The highest BCUT2D eigenvalue weighted by molar-refractivity contribution is 5.85. The van der Waals surface area contributed by atoms with E-state index in [4.69, 9.17) is 11.2 Å². The Hall–Kier alpha value is -3.79. The van der Waals surface area contributed by atoms with Crippen molar-refractivity contribution < 1.29 is 24.2 Å². The number of carboxylic acids is 1. The fraction of sp³-hybridized carbons (Fsp3) is 0.370. The van der Waals surface area contributed by atoms with Gasteiger partial charge in [-0.25, -0.2) is 9.59 Å². The topological polar surface area (TPSA) is 105 Å². The lowest BCUT2D eigenvalue weighted by Crippen LogP contribution is -2.46. The molecule has 0 radical (unpaired) electrons. The summed E-state index contributed by atoms with van der Waals surface area (Å²) < 4.78 is 5.53. The Balaban J connectivity index is 1.60. The molecule has 1 aliphatic carbocycles. The fourth-order valence-corrected chi connectivity index (χ4v) is 4.32. The number of nitrogens with one attached hydrogen (secondary N) is 2. The molecule has 3 N–H and O–H groups in total. The van der Waals surface area contributed by atoms with Gasteiger partial charge in [0.2, 0.25) is 5.91 Å². The molecule has 2 unspecified atom stereocenters. The number of hydrogen-bond acceptors (Lipinski definition) is 4. The molecular formula is C27H30N2O5. The van der Waals surface area contributed by atoms with Crippen LogP contribution in [0.4, 0.5) is 4.79 Å². The number of aliphatic carboxylic acids is 1. The molecule has 0 bridgehead atoms. The highest BCUT2D eigenvalue weighted by atomic mass is 16.5. The van der Waals surface area contributed by atoms with Crippen molar-refractivity contribution in [3.8, 4) is 23.5 Å². The number of carboxylic acid groups (broad SMARTS) is 1. The molecular weight excluding hydrogens is 432 g/mol. The summed E-state index contributed by atoms with van der Waals surface area (Å²) >= 11 is 0. The van der Waals surface area contributed by atoms with Crippen molar-refractivity contribution in [1.82, 2.24) is 10.6 Å².